The first-order chi connectivity index (χ1) is 22.5. The standard InChI is InChI=1S/C36H49N3O8/c1-35(2,3)39-21-13-8-11-17-27(41)37-25(23-45-4)30(24-15-9-7-10-16-24)46-34(44)28-26-18-19-36(47-26)29(28)32(42)38(31(36)33(39)43)20-12-5-6-14-22-40/h7-10,13,15-16,18-19,25-26,28-31,40H,5-6,11-12,14,17,20-23H2,1-4H3,(H,37,41)/b13-8-/t25-,26+,28-,29-,30-,31+,36-/m1/s1. The number of rotatable bonds is 9. The van der Waals surface area contributed by atoms with Crippen LogP contribution in [0.1, 0.15) is 71.0 Å². The number of aliphatic hydroxyl groups excluding tert-OH is 1. The van der Waals surface area contributed by atoms with Crippen molar-refractivity contribution in [2.24, 2.45) is 11.8 Å². The van der Waals surface area contributed by atoms with Gasteiger partial charge in [-0.25, -0.2) is 0 Å². The molecule has 0 aliphatic carbocycles. The summed E-state index contributed by atoms with van der Waals surface area (Å²) in [6.45, 7) is 6.64. The van der Waals surface area contributed by atoms with Crippen LogP contribution in [0.2, 0.25) is 0 Å². The summed E-state index contributed by atoms with van der Waals surface area (Å²) in [5.74, 6) is -3.34. The maximum Gasteiger partial charge on any atom is 0.313 e. The van der Waals surface area contributed by atoms with Gasteiger partial charge < -0.3 is 34.4 Å². The van der Waals surface area contributed by atoms with E-state index in [1.165, 1.54) is 7.11 Å². The predicted molar refractivity (Wildman–Crippen MR) is 174 cm³/mol. The summed E-state index contributed by atoms with van der Waals surface area (Å²) in [5, 5.41) is 12.2. The third-order valence-electron chi connectivity index (χ3n) is 9.68. The van der Waals surface area contributed by atoms with Crippen LogP contribution in [0.5, 0.6) is 0 Å². The molecule has 4 heterocycles. The average molecular weight is 652 g/mol. The highest BCUT2D eigenvalue weighted by atomic mass is 16.6. The van der Waals surface area contributed by atoms with E-state index in [0.717, 1.165) is 12.8 Å². The molecule has 4 aliphatic rings. The molecule has 256 valence electrons. The normalized spacial score (nSPS) is 32.0. The zero-order chi connectivity index (χ0) is 33.8. The average Bonchev–Trinajstić information content (AvgIpc) is 3.67. The minimum atomic E-state index is -1.32. The van der Waals surface area contributed by atoms with Gasteiger partial charge in [0.05, 0.1) is 24.7 Å². The van der Waals surface area contributed by atoms with Crippen molar-refractivity contribution in [2.45, 2.75) is 94.7 Å². The quantitative estimate of drug-likeness (QED) is 0.237. The number of methoxy groups -OCH3 is 1. The topological polar surface area (TPSA) is 135 Å². The first-order valence-corrected chi connectivity index (χ1v) is 16.8. The van der Waals surface area contributed by atoms with E-state index in [-0.39, 0.29) is 43.9 Å². The number of carbonyl (C=O) groups is 4. The molecule has 0 aromatic heterocycles. The molecule has 3 amide bonds. The van der Waals surface area contributed by atoms with E-state index in [0.29, 0.717) is 31.4 Å². The Labute approximate surface area is 277 Å². The van der Waals surface area contributed by atoms with E-state index in [1.807, 2.05) is 69.3 Å². The van der Waals surface area contributed by atoms with Gasteiger partial charge in [-0.05, 0) is 45.6 Å². The van der Waals surface area contributed by atoms with Crippen LogP contribution in [0.15, 0.2) is 54.6 Å². The highest BCUT2D eigenvalue weighted by molar-refractivity contribution is 5.99. The van der Waals surface area contributed by atoms with Crippen LogP contribution in [0.4, 0.5) is 0 Å². The Balaban J connectivity index is 1.57. The van der Waals surface area contributed by atoms with Gasteiger partial charge in [-0.3, -0.25) is 19.2 Å². The number of amides is 3. The van der Waals surface area contributed by atoms with Gasteiger partial charge in [0, 0.05) is 38.8 Å². The van der Waals surface area contributed by atoms with Crippen molar-refractivity contribution in [3.8, 4) is 0 Å². The molecule has 0 unspecified atom stereocenters. The summed E-state index contributed by atoms with van der Waals surface area (Å²) in [4.78, 5) is 59.9. The van der Waals surface area contributed by atoms with Crippen molar-refractivity contribution < 1.29 is 38.5 Å². The second-order valence-corrected chi connectivity index (χ2v) is 13.9. The van der Waals surface area contributed by atoms with Crippen molar-refractivity contribution in [2.75, 3.05) is 33.4 Å². The van der Waals surface area contributed by atoms with Crippen molar-refractivity contribution >= 4 is 23.7 Å². The van der Waals surface area contributed by atoms with Crippen LogP contribution in [0, 0.1) is 11.8 Å². The number of hydrogen-bond acceptors (Lipinski definition) is 8. The Hall–Kier alpha value is -3.54. The summed E-state index contributed by atoms with van der Waals surface area (Å²) in [5.41, 5.74) is -1.25. The Morgan fingerprint density at radius 2 is 1.77 bits per heavy atom. The van der Waals surface area contributed by atoms with Gasteiger partial charge in [-0.2, -0.15) is 0 Å². The molecule has 47 heavy (non-hydrogen) atoms. The van der Waals surface area contributed by atoms with Crippen molar-refractivity contribution in [1.29, 1.82) is 0 Å². The van der Waals surface area contributed by atoms with E-state index in [9.17, 15) is 24.3 Å². The van der Waals surface area contributed by atoms with Gasteiger partial charge in [0.1, 0.15) is 23.7 Å². The number of cyclic esters (lactones) is 1. The number of nitrogens with one attached hydrogen (secondary N) is 1. The molecule has 11 nitrogen and oxygen atoms in total. The summed E-state index contributed by atoms with van der Waals surface area (Å²) in [6, 6.07) is 7.51. The molecule has 11 heteroatoms. The first-order valence-electron chi connectivity index (χ1n) is 16.8. The summed E-state index contributed by atoms with van der Waals surface area (Å²) in [7, 11) is 1.52. The van der Waals surface area contributed by atoms with Gasteiger partial charge in [-0.1, -0.05) is 67.5 Å². The molecule has 4 aliphatic heterocycles. The molecule has 1 aromatic carbocycles. The third kappa shape index (κ3) is 7.03. The smallest absolute Gasteiger partial charge is 0.313 e. The third-order valence-corrected chi connectivity index (χ3v) is 9.68. The number of benzene rings is 1. The lowest BCUT2D eigenvalue weighted by molar-refractivity contribution is -0.162. The minimum absolute atomic E-state index is 0.0897. The first kappa shape index (κ1) is 34.8. The number of aliphatic hydroxyl groups is 1. The molecule has 0 radical (unpaired) electrons. The number of esters is 1. The molecule has 2 N–H and O–H groups in total. The lowest BCUT2D eigenvalue weighted by atomic mass is 9.74. The van der Waals surface area contributed by atoms with E-state index < -0.39 is 53.2 Å². The molecule has 5 rings (SSSR count). The predicted octanol–water partition coefficient (Wildman–Crippen LogP) is 3.08. The highest BCUT2D eigenvalue weighted by Gasteiger charge is 2.73. The SMILES string of the molecule is COC[C@H]1NC(=O)CC/C=C\CN(C(C)(C)C)C(=O)[C@@H]2N(CCCCCCO)C(=O)[C@H]3[C@H](C(=O)O[C@@H]1c1ccccc1)[C@@H]1C=C[C@]23O1. The monoisotopic (exact) mass is 651 g/mol. The minimum Gasteiger partial charge on any atom is -0.455 e. The van der Waals surface area contributed by atoms with Crippen LogP contribution in [-0.4, -0.2) is 101 Å². The van der Waals surface area contributed by atoms with Crippen LogP contribution < -0.4 is 5.32 Å². The highest BCUT2D eigenvalue weighted by Crippen LogP contribution is 2.56. The van der Waals surface area contributed by atoms with Crippen LogP contribution >= 0.6 is 0 Å². The second kappa shape index (κ2) is 14.7. The number of hydrogen-bond donors (Lipinski definition) is 2. The zero-order valence-corrected chi connectivity index (χ0v) is 27.9. The fourth-order valence-electron chi connectivity index (χ4n) is 7.45. The van der Waals surface area contributed by atoms with Crippen molar-refractivity contribution in [3.05, 3.63) is 60.2 Å². The molecule has 2 fully saturated rings. The molecule has 2 saturated heterocycles. The number of likely N-dealkylation sites (tertiary alicyclic amines) is 1. The Morgan fingerprint density at radius 1 is 1.02 bits per heavy atom. The summed E-state index contributed by atoms with van der Waals surface area (Å²) >= 11 is 0. The van der Waals surface area contributed by atoms with E-state index >= 15 is 0 Å². The van der Waals surface area contributed by atoms with Crippen molar-refractivity contribution in [3.63, 3.8) is 0 Å². The van der Waals surface area contributed by atoms with E-state index in [2.05, 4.69) is 5.32 Å². The molecule has 1 spiro atoms. The van der Waals surface area contributed by atoms with Gasteiger partial charge in [0.2, 0.25) is 17.7 Å². The van der Waals surface area contributed by atoms with Gasteiger partial charge in [-0.15, -0.1) is 0 Å². The number of unbranched alkanes of at least 4 members (excludes halogenated alkanes) is 3. The summed E-state index contributed by atoms with van der Waals surface area (Å²) in [6.07, 6.45) is 9.26. The van der Waals surface area contributed by atoms with Gasteiger partial charge in [0.15, 0.2) is 0 Å². The van der Waals surface area contributed by atoms with Crippen LogP contribution in [0.3, 0.4) is 0 Å². The van der Waals surface area contributed by atoms with E-state index in [1.54, 1.807) is 15.9 Å². The number of allylic oxidation sites excluding steroid dienone is 1. The Morgan fingerprint density at radius 3 is 2.47 bits per heavy atom. The van der Waals surface area contributed by atoms with E-state index in [4.69, 9.17) is 14.2 Å². The van der Waals surface area contributed by atoms with Gasteiger partial charge >= 0.3 is 5.97 Å². The molecular formula is C36H49N3O8. The van der Waals surface area contributed by atoms with Gasteiger partial charge in [0.25, 0.3) is 0 Å². The summed E-state index contributed by atoms with van der Waals surface area (Å²) < 4.78 is 18.3. The molecular weight excluding hydrogens is 602 g/mol. The number of fused-ring (bicyclic) bond motifs is 2. The largest absolute Gasteiger partial charge is 0.455 e. The number of nitrogens with zero attached hydrogens (tertiary/aromatic N) is 2. The second-order valence-electron chi connectivity index (χ2n) is 13.9. The lowest BCUT2D eigenvalue weighted by Crippen LogP contribution is -2.59. The Bertz CT molecular complexity index is 1360. The molecule has 7 atom stereocenters. The molecule has 1 aromatic rings. The maximum absolute atomic E-state index is 14.7. The van der Waals surface area contributed by atoms with Crippen LogP contribution in [0.25, 0.3) is 0 Å². The fraction of sp³-hybridized carbons (Fsp3) is 0.611. The van der Waals surface area contributed by atoms with Crippen molar-refractivity contribution in [1.82, 2.24) is 15.1 Å². The number of ether oxygens (including phenoxy) is 3. The molecule has 5 bridgehead atoms. The van der Waals surface area contributed by atoms with Crippen LogP contribution in [-0.2, 0) is 33.4 Å². The maximum atomic E-state index is 14.7. The Kier molecular flexibility index (Phi) is 10.9. The number of carbonyl (C=O) groups excluding carboxylic acids is 4. The molecule has 0 saturated carbocycles. The zero-order valence-electron chi connectivity index (χ0n) is 27.9. The fourth-order valence-corrected chi connectivity index (χ4v) is 7.45. The lowest BCUT2D eigenvalue weighted by Gasteiger charge is -2.41.